The van der Waals surface area contributed by atoms with Crippen LogP contribution in [0.2, 0.25) is 0 Å². The van der Waals surface area contributed by atoms with Crippen LogP contribution >= 0.6 is 0 Å². The van der Waals surface area contributed by atoms with E-state index in [9.17, 15) is 14.7 Å². The number of carbonyl (C=O) groups excluding carboxylic acids is 2. The summed E-state index contributed by atoms with van der Waals surface area (Å²) in [6.45, 7) is 3.38. The summed E-state index contributed by atoms with van der Waals surface area (Å²) < 4.78 is 12.0. The molecular formula is C24H25N5O5. The summed E-state index contributed by atoms with van der Waals surface area (Å²) in [5.41, 5.74) is 1.18. The van der Waals surface area contributed by atoms with Crippen LogP contribution < -0.4 is 14.8 Å². The van der Waals surface area contributed by atoms with Gasteiger partial charge in [-0.2, -0.15) is 0 Å². The molecule has 1 aliphatic heterocycles. The molecule has 1 aromatic carbocycles. The Morgan fingerprint density at radius 1 is 1.18 bits per heavy atom. The first-order valence-corrected chi connectivity index (χ1v) is 10.6. The van der Waals surface area contributed by atoms with Gasteiger partial charge in [0.1, 0.15) is 28.5 Å². The van der Waals surface area contributed by atoms with Gasteiger partial charge in [0.05, 0.1) is 30.9 Å². The first kappa shape index (κ1) is 23.1. The van der Waals surface area contributed by atoms with Crippen LogP contribution in [0.25, 0.3) is 0 Å². The molecule has 0 spiro atoms. The van der Waals surface area contributed by atoms with E-state index in [4.69, 9.17) is 9.47 Å². The molecule has 34 heavy (non-hydrogen) atoms. The van der Waals surface area contributed by atoms with E-state index in [0.29, 0.717) is 29.5 Å². The number of nitrogens with zero attached hydrogens (tertiary/aromatic N) is 4. The Morgan fingerprint density at radius 2 is 1.97 bits per heavy atom. The number of aliphatic hydroxyl groups excluding tert-OH is 1. The zero-order chi connectivity index (χ0) is 24.5. The number of nitrogens with one attached hydrogen (secondary N) is 1. The highest BCUT2D eigenvalue weighted by molar-refractivity contribution is 6.04. The molecule has 0 saturated heterocycles. The Kier molecular flexibility index (Phi) is 6.16. The number of aliphatic hydroxyl groups is 1. The monoisotopic (exact) mass is 463 g/mol. The van der Waals surface area contributed by atoms with Crippen LogP contribution in [0, 0.1) is 6.92 Å². The average molecular weight is 463 g/mol. The second-order valence-electron chi connectivity index (χ2n) is 8.52. The predicted molar refractivity (Wildman–Crippen MR) is 123 cm³/mol. The number of hydrogen-bond acceptors (Lipinski definition) is 8. The van der Waals surface area contributed by atoms with Crippen molar-refractivity contribution >= 4 is 17.6 Å². The average Bonchev–Trinajstić information content (AvgIpc) is 3.17. The normalized spacial score (nSPS) is 16.4. The van der Waals surface area contributed by atoms with Crippen LogP contribution in [0.5, 0.6) is 17.2 Å². The quantitative estimate of drug-likeness (QED) is 0.571. The number of hydrogen-bond donors (Lipinski definition) is 2. The molecular weight excluding hydrogens is 438 g/mol. The van der Waals surface area contributed by atoms with E-state index in [0.717, 1.165) is 11.3 Å². The minimum Gasteiger partial charge on any atom is -0.484 e. The highest BCUT2D eigenvalue weighted by Gasteiger charge is 2.37. The summed E-state index contributed by atoms with van der Waals surface area (Å²) >= 11 is 0. The van der Waals surface area contributed by atoms with Crippen LogP contribution in [0.4, 0.5) is 5.82 Å². The molecule has 2 amide bonds. The summed E-state index contributed by atoms with van der Waals surface area (Å²) in [5.74, 6) is 0.890. The van der Waals surface area contributed by atoms with E-state index in [-0.39, 0.29) is 23.8 Å². The van der Waals surface area contributed by atoms with E-state index in [1.165, 1.54) is 17.3 Å². The third-order valence-electron chi connectivity index (χ3n) is 5.28. The molecule has 0 aliphatic carbocycles. The lowest BCUT2D eigenvalue weighted by molar-refractivity contribution is 0.0445. The smallest absolute Gasteiger partial charge is 0.271 e. The predicted octanol–water partition coefficient (Wildman–Crippen LogP) is 2.61. The van der Waals surface area contributed by atoms with E-state index < -0.39 is 11.5 Å². The Hall–Kier alpha value is -4.05. The molecule has 10 nitrogen and oxygen atoms in total. The topological polar surface area (TPSA) is 127 Å². The van der Waals surface area contributed by atoms with Crippen molar-refractivity contribution in [2.45, 2.75) is 25.9 Å². The highest BCUT2D eigenvalue weighted by Crippen LogP contribution is 2.43. The van der Waals surface area contributed by atoms with Gasteiger partial charge in [0, 0.05) is 31.6 Å². The Balaban J connectivity index is 1.64. The van der Waals surface area contributed by atoms with Gasteiger partial charge in [-0.25, -0.2) is 9.97 Å². The van der Waals surface area contributed by atoms with E-state index in [1.807, 2.05) is 0 Å². The fourth-order valence-electron chi connectivity index (χ4n) is 3.44. The van der Waals surface area contributed by atoms with Crippen molar-refractivity contribution in [1.82, 2.24) is 19.9 Å². The van der Waals surface area contributed by atoms with Crippen molar-refractivity contribution in [1.29, 1.82) is 0 Å². The number of ether oxygens (including phenoxy) is 2. The van der Waals surface area contributed by atoms with Gasteiger partial charge < -0.3 is 24.8 Å². The molecule has 2 aromatic heterocycles. The first-order valence-electron chi connectivity index (χ1n) is 10.6. The van der Waals surface area contributed by atoms with Gasteiger partial charge in [0.15, 0.2) is 5.82 Å². The van der Waals surface area contributed by atoms with E-state index in [1.54, 1.807) is 58.4 Å². The van der Waals surface area contributed by atoms with Crippen LogP contribution in [-0.4, -0.2) is 63.1 Å². The molecule has 0 saturated carbocycles. The van der Waals surface area contributed by atoms with Crippen LogP contribution in [0.3, 0.4) is 0 Å². The number of anilines is 1. The second kappa shape index (κ2) is 9.06. The number of pyridine rings is 1. The molecule has 0 bridgehead atoms. The molecule has 4 rings (SSSR count). The van der Waals surface area contributed by atoms with E-state index >= 15 is 0 Å². The van der Waals surface area contributed by atoms with Crippen molar-refractivity contribution in [3.8, 4) is 17.2 Å². The minimum atomic E-state index is -0.835. The lowest BCUT2D eigenvalue weighted by atomic mass is 9.98. The molecule has 1 atom stereocenters. The fraction of sp³-hybridized carbons (Fsp3) is 0.292. The van der Waals surface area contributed by atoms with Crippen LogP contribution in [0.15, 0.2) is 42.9 Å². The van der Waals surface area contributed by atoms with Gasteiger partial charge in [-0.05, 0) is 38.1 Å². The molecule has 10 heteroatoms. The Morgan fingerprint density at radius 3 is 2.59 bits per heavy atom. The van der Waals surface area contributed by atoms with Gasteiger partial charge in [-0.15, -0.1) is 0 Å². The van der Waals surface area contributed by atoms with E-state index in [2.05, 4.69) is 20.3 Å². The fourth-order valence-corrected chi connectivity index (χ4v) is 3.44. The summed E-state index contributed by atoms with van der Waals surface area (Å²) in [4.78, 5) is 38.9. The minimum absolute atomic E-state index is 0.204. The zero-order valence-corrected chi connectivity index (χ0v) is 19.3. The van der Waals surface area contributed by atoms with Crippen molar-refractivity contribution in [3.05, 3.63) is 65.4 Å². The molecule has 3 aromatic rings. The van der Waals surface area contributed by atoms with Gasteiger partial charge in [0.25, 0.3) is 11.8 Å². The number of carbonyl (C=O) groups is 2. The van der Waals surface area contributed by atoms with Crippen molar-refractivity contribution in [3.63, 3.8) is 0 Å². The molecule has 176 valence electrons. The first-order chi connectivity index (χ1) is 16.2. The summed E-state index contributed by atoms with van der Waals surface area (Å²) in [6.07, 6.45) is 4.86. The standard InChI is InChI=1S/C24H25N5O5/c1-14-10-27-21(12-25-14)28-22(31)15-7-19(17-9-24(2,13-30)34-20(17)8-15)33-16-5-6-18(26-11-16)23(32)29(3)4/h5-8,10-12,30H,9,13H2,1-4H3,(H,27,28,31). The van der Waals surface area contributed by atoms with Crippen molar-refractivity contribution in [2.24, 2.45) is 0 Å². The molecule has 3 heterocycles. The molecule has 1 unspecified atom stereocenters. The maximum atomic E-state index is 12.9. The lowest BCUT2D eigenvalue weighted by Gasteiger charge is -2.20. The number of aromatic nitrogens is 3. The maximum absolute atomic E-state index is 12.9. The van der Waals surface area contributed by atoms with Gasteiger partial charge >= 0.3 is 0 Å². The highest BCUT2D eigenvalue weighted by atomic mass is 16.5. The maximum Gasteiger partial charge on any atom is 0.271 e. The lowest BCUT2D eigenvalue weighted by Crippen LogP contribution is -2.34. The third kappa shape index (κ3) is 4.81. The molecule has 2 N–H and O–H groups in total. The summed E-state index contributed by atoms with van der Waals surface area (Å²) in [7, 11) is 3.29. The van der Waals surface area contributed by atoms with Gasteiger partial charge in [-0.3, -0.25) is 14.6 Å². The summed E-state index contributed by atoms with van der Waals surface area (Å²) in [6, 6.07) is 6.41. The summed E-state index contributed by atoms with van der Waals surface area (Å²) in [5, 5.41) is 12.5. The number of aryl methyl sites for hydroxylation is 1. The SMILES string of the molecule is Cc1cnc(NC(=O)c2cc(Oc3ccc(C(=O)N(C)C)nc3)c3c(c2)OC(C)(CO)C3)cn1. The van der Waals surface area contributed by atoms with Crippen molar-refractivity contribution < 1.29 is 24.2 Å². The van der Waals surface area contributed by atoms with Gasteiger partial charge in [-0.1, -0.05) is 0 Å². The number of amides is 2. The molecule has 0 radical (unpaired) electrons. The molecule has 0 fully saturated rings. The van der Waals surface area contributed by atoms with Crippen LogP contribution in [0.1, 0.15) is 39.0 Å². The Bertz CT molecular complexity index is 1230. The second-order valence-corrected chi connectivity index (χ2v) is 8.52. The number of rotatable bonds is 6. The van der Waals surface area contributed by atoms with Crippen LogP contribution in [-0.2, 0) is 6.42 Å². The van der Waals surface area contributed by atoms with Gasteiger partial charge in [0.2, 0.25) is 0 Å². The zero-order valence-electron chi connectivity index (χ0n) is 19.3. The third-order valence-corrected chi connectivity index (χ3v) is 5.28. The largest absolute Gasteiger partial charge is 0.484 e. The number of benzene rings is 1. The number of fused-ring (bicyclic) bond motifs is 1. The molecule has 1 aliphatic rings. The van der Waals surface area contributed by atoms with Crippen molar-refractivity contribution in [2.75, 3.05) is 26.0 Å². The Labute approximate surface area is 196 Å².